The Morgan fingerprint density at radius 1 is 1.48 bits per heavy atom. The topological polar surface area (TPSA) is 55.6 Å². The van der Waals surface area contributed by atoms with Gasteiger partial charge in [-0.2, -0.15) is 0 Å². The molecule has 2 aromatic rings. The largest absolute Gasteiger partial charge is 0.391 e. The molecule has 2 N–H and O–H groups in total. The van der Waals surface area contributed by atoms with Gasteiger partial charge in [0.05, 0.1) is 18.0 Å². The van der Waals surface area contributed by atoms with Gasteiger partial charge < -0.3 is 15.4 Å². The van der Waals surface area contributed by atoms with Gasteiger partial charge in [-0.05, 0) is 23.6 Å². The predicted molar refractivity (Wildman–Crippen MR) is 84.2 cm³/mol. The minimum absolute atomic E-state index is 0.0961. The highest BCUT2D eigenvalue weighted by molar-refractivity contribution is 7.80. The molecule has 1 saturated heterocycles. The molecule has 21 heavy (non-hydrogen) atoms. The molecule has 0 aliphatic carbocycles. The first-order chi connectivity index (χ1) is 10.0. The van der Waals surface area contributed by atoms with Crippen LogP contribution >= 0.6 is 23.6 Å². The number of thiocarbonyl (C=S) groups is 1. The van der Waals surface area contributed by atoms with Gasteiger partial charge in [0.1, 0.15) is 16.9 Å². The molecule has 0 radical (unpaired) electrons. The number of thiophene rings is 1. The summed E-state index contributed by atoms with van der Waals surface area (Å²) in [7, 11) is 0. The average molecular weight is 324 g/mol. The number of fused-ring (bicyclic) bond motifs is 1. The van der Waals surface area contributed by atoms with E-state index in [1.165, 1.54) is 23.5 Å². The van der Waals surface area contributed by atoms with E-state index in [0.717, 1.165) is 10.1 Å². The zero-order valence-corrected chi connectivity index (χ0v) is 12.7. The van der Waals surface area contributed by atoms with Gasteiger partial charge in [-0.1, -0.05) is 18.3 Å². The summed E-state index contributed by atoms with van der Waals surface area (Å²) in [5.41, 5.74) is 5.58. The van der Waals surface area contributed by atoms with Gasteiger partial charge in [0.2, 0.25) is 0 Å². The van der Waals surface area contributed by atoms with Gasteiger partial charge in [-0.3, -0.25) is 4.79 Å². The number of nitrogens with zero attached hydrogens (tertiary/aromatic N) is 1. The average Bonchev–Trinajstić information content (AvgIpc) is 2.89. The number of benzene rings is 1. The first kappa shape index (κ1) is 14.4. The fourth-order valence-corrected chi connectivity index (χ4v) is 3.47. The number of hydrogen-bond acceptors (Lipinski definition) is 4. The van der Waals surface area contributed by atoms with E-state index >= 15 is 0 Å². The van der Waals surface area contributed by atoms with Gasteiger partial charge in [-0.25, -0.2) is 4.39 Å². The van der Waals surface area contributed by atoms with Crippen molar-refractivity contribution in [1.82, 2.24) is 4.90 Å². The minimum Gasteiger partial charge on any atom is -0.391 e. The van der Waals surface area contributed by atoms with Gasteiger partial charge in [0.15, 0.2) is 0 Å². The molecule has 1 aliphatic rings. The van der Waals surface area contributed by atoms with Crippen molar-refractivity contribution in [2.45, 2.75) is 6.10 Å². The van der Waals surface area contributed by atoms with Crippen LogP contribution in [0.2, 0.25) is 0 Å². The van der Waals surface area contributed by atoms with E-state index in [2.05, 4.69) is 0 Å². The molecule has 0 bridgehead atoms. The fraction of sp³-hybridized carbons (Fsp3) is 0.286. The van der Waals surface area contributed by atoms with E-state index in [4.69, 9.17) is 22.7 Å². The van der Waals surface area contributed by atoms with Crippen LogP contribution in [0.1, 0.15) is 9.67 Å². The molecule has 0 spiro atoms. The summed E-state index contributed by atoms with van der Waals surface area (Å²) in [5.74, 6) is -0.399. The molecule has 0 saturated carbocycles. The van der Waals surface area contributed by atoms with Crippen LogP contribution < -0.4 is 5.73 Å². The molecule has 110 valence electrons. The number of amides is 1. The maximum atomic E-state index is 13.2. The van der Waals surface area contributed by atoms with Crippen LogP contribution in [0.15, 0.2) is 24.3 Å². The zero-order valence-electron chi connectivity index (χ0n) is 11.0. The molecule has 2 heterocycles. The molecule has 1 aromatic heterocycles. The van der Waals surface area contributed by atoms with Crippen LogP contribution in [-0.2, 0) is 4.74 Å². The van der Waals surface area contributed by atoms with Crippen LogP contribution in [0.3, 0.4) is 0 Å². The van der Waals surface area contributed by atoms with E-state index in [1.807, 2.05) is 0 Å². The molecule has 1 aliphatic heterocycles. The molecular formula is C14H13FN2O2S2. The summed E-state index contributed by atoms with van der Waals surface area (Å²) < 4.78 is 19.4. The van der Waals surface area contributed by atoms with Crippen LogP contribution in [0.25, 0.3) is 10.1 Å². The summed E-state index contributed by atoms with van der Waals surface area (Å²) in [4.78, 5) is 15.0. The summed E-state index contributed by atoms with van der Waals surface area (Å²) in [6.45, 7) is 1.27. The molecule has 1 aromatic carbocycles. The fourth-order valence-electron chi connectivity index (χ4n) is 2.27. The predicted octanol–water partition coefficient (Wildman–Crippen LogP) is 2.17. The van der Waals surface area contributed by atoms with Crippen molar-refractivity contribution in [2.24, 2.45) is 5.73 Å². The van der Waals surface area contributed by atoms with Crippen molar-refractivity contribution in [3.8, 4) is 0 Å². The van der Waals surface area contributed by atoms with Crippen molar-refractivity contribution in [3.05, 3.63) is 35.0 Å². The quantitative estimate of drug-likeness (QED) is 0.860. The summed E-state index contributed by atoms with van der Waals surface area (Å²) in [6.07, 6.45) is -0.399. The molecule has 7 heteroatoms. The lowest BCUT2D eigenvalue weighted by molar-refractivity contribution is 0.00903. The number of carbonyl (C=O) groups is 1. The van der Waals surface area contributed by atoms with Crippen molar-refractivity contribution < 1.29 is 13.9 Å². The SMILES string of the molecule is NC(=S)C1CN(C(=O)c2cc3ccc(F)cc3s2)CCO1. The lowest BCUT2D eigenvalue weighted by atomic mass is 10.2. The Morgan fingerprint density at radius 3 is 3.05 bits per heavy atom. The number of morpholine rings is 1. The second-order valence-electron chi connectivity index (χ2n) is 4.81. The van der Waals surface area contributed by atoms with E-state index in [1.54, 1.807) is 17.0 Å². The first-order valence-corrected chi connectivity index (χ1v) is 7.66. The maximum Gasteiger partial charge on any atom is 0.264 e. The van der Waals surface area contributed by atoms with E-state index < -0.39 is 6.10 Å². The third-order valence-electron chi connectivity index (χ3n) is 3.36. The second kappa shape index (κ2) is 5.67. The molecule has 4 nitrogen and oxygen atoms in total. The first-order valence-electron chi connectivity index (χ1n) is 6.44. The highest BCUT2D eigenvalue weighted by Crippen LogP contribution is 2.27. The van der Waals surface area contributed by atoms with Crippen LogP contribution in [0, 0.1) is 5.82 Å². The smallest absolute Gasteiger partial charge is 0.264 e. The Labute approximate surface area is 130 Å². The normalized spacial score (nSPS) is 18.9. The van der Waals surface area contributed by atoms with Gasteiger partial charge in [0, 0.05) is 11.2 Å². The van der Waals surface area contributed by atoms with E-state index in [9.17, 15) is 9.18 Å². The third-order valence-corrected chi connectivity index (χ3v) is 4.71. The number of halogens is 1. The summed E-state index contributed by atoms with van der Waals surface area (Å²) >= 11 is 6.20. The highest BCUT2D eigenvalue weighted by Gasteiger charge is 2.27. The van der Waals surface area contributed by atoms with Crippen molar-refractivity contribution in [1.29, 1.82) is 0 Å². The lowest BCUT2D eigenvalue weighted by Crippen LogP contribution is -2.49. The van der Waals surface area contributed by atoms with Crippen molar-refractivity contribution in [3.63, 3.8) is 0 Å². The Kier molecular flexibility index (Phi) is 3.88. The van der Waals surface area contributed by atoms with Gasteiger partial charge in [-0.15, -0.1) is 11.3 Å². The number of ether oxygens (including phenoxy) is 1. The van der Waals surface area contributed by atoms with E-state index in [-0.39, 0.29) is 16.7 Å². The second-order valence-corrected chi connectivity index (χ2v) is 6.36. The van der Waals surface area contributed by atoms with E-state index in [0.29, 0.717) is 24.6 Å². The van der Waals surface area contributed by atoms with Crippen molar-refractivity contribution in [2.75, 3.05) is 19.7 Å². The number of nitrogens with two attached hydrogens (primary N) is 1. The molecule has 1 amide bonds. The minimum atomic E-state index is -0.399. The van der Waals surface area contributed by atoms with Crippen LogP contribution in [-0.4, -0.2) is 41.6 Å². The standard InChI is InChI=1S/C14H13FN2O2S2/c15-9-2-1-8-5-12(21-11(8)6-9)14(18)17-3-4-19-10(7-17)13(16)20/h1-2,5-6,10H,3-4,7H2,(H2,16,20). The molecule has 1 unspecified atom stereocenters. The summed E-state index contributed by atoms with van der Waals surface area (Å²) in [5, 5.41) is 0.865. The van der Waals surface area contributed by atoms with Crippen LogP contribution in [0.5, 0.6) is 0 Å². The monoisotopic (exact) mass is 324 g/mol. The maximum absolute atomic E-state index is 13.2. The summed E-state index contributed by atoms with van der Waals surface area (Å²) in [6, 6.07) is 6.29. The Balaban J connectivity index is 1.84. The number of carbonyl (C=O) groups excluding carboxylic acids is 1. The Bertz CT molecular complexity index is 716. The number of rotatable bonds is 2. The lowest BCUT2D eigenvalue weighted by Gasteiger charge is -2.32. The molecule has 3 rings (SSSR count). The Hall–Kier alpha value is -1.57. The highest BCUT2D eigenvalue weighted by atomic mass is 32.1. The third kappa shape index (κ3) is 2.90. The molecule has 1 atom stereocenters. The van der Waals surface area contributed by atoms with Gasteiger partial charge in [0.25, 0.3) is 5.91 Å². The van der Waals surface area contributed by atoms with Gasteiger partial charge >= 0.3 is 0 Å². The molecular weight excluding hydrogens is 311 g/mol. The zero-order chi connectivity index (χ0) is 15.0. The Morgan fingerprint density at radius 2 is 2.29 bits per heavy atom. The van der Waals surface area contributed by atoms with Crippen LogP contribution in [0.4, 0.5) is 4.39 Å². The molecule has 1 fully saturated rings. The number of hydrogen-bond donors (Lipinski definition) is 1. The van der Waals surface area contributed by atoms with Crippen molar-refractivity contribution >= 4 is 44.5 Å².